The standard InChI is InChI=1S/C21H20F2N2O3.C2H6/c1-13-2-7-18(17(23)8-13)24-12-19(27)25(11-14-3-5-15(22)6-4-14)21(20(24)28)9-16(26)10-21;1-2/h2-8,16,26H,9-12H2,1H3;1-2H3. The Labute approximate surface area is 174 Å². The van der Waals surface area contributed by atoms with Gasteiger partial charge in [-0.25, -0.2) is 8.78 Å². The molecule has 160 valence electrons. The van der Waals surface area contributed by atoms with Gasteiger partial charge in [-0.1, -0.05) is 32.0 Å². The molecule has 7 heteroatoms. The Morgan fingerprint density at radius 1 is 1.07 bits per heavy atom. The number of halogens is 2. The predicted octanol–water partition coefficient (Wildman–Crippen LogP) is 3.57. The van der Waals surface area contributed by atoms with Gasteiger partial charge in [-0.2, -0.15) is 0 Å². The maximum Gasteiger partial charge on any atom is 0.253 e. The van der Waals surface area contributed by atoms with Crippen molar-refractivity contribution in [1.29, 1.82) is 0 Å². The summed E-state index contributed by atoms with van der Waals surface area (Å²) in [5.74, 6) is -1.69. The molecular weight excluding hydrogens is 390 g/mol. The minimum Gasteiger partial charge on any atom is -0.393 e. The summed E-state index contributed by atoms with van der Waals surface area (Å²) in [5.41, 5.74) is 0.244. The highest BCUT2D eigenvalue weighted by Crippen LogP contribution is 2.44. The first-order chi connectivity index (χ1) is 14.3. The third kappa shape index (κ3) is 3.81. The molecule has 30 heavy (non-hydrogen) atoms. The van der Waals surface area contributed by atoms with Crippen molar-refractivity contribution >= 4 is 17.5 Å². The van der Waals surface area contributed by atoms with Crippen LogP contribution in [-0.4, -0.2) is 40.0 Å². The summed E-state index contributed by atoms with van der Waals surface area (Å²) in [7, 11) is 0. The number of hydrogen-bond acceptors (Lipinski definition) is 3. The second-order valence-electron chi connectivity index (χ2n) is 7.55. The fourth-order valence-corrected chi connectivity index (χ4v) is 4.05. The molecule has 0 bridgehead atoms. The highest BCUT2D eigenvalue weighted by atomic mass is 19.1. The van der Waals surface area contributed by atoms with Gasteiger partial charge in [-0.3, -0.25) is 14.5 Å². The minimum atomic E-state index is -1.21. The van der Waals surface area contributed by atoms with Gasteiger partial charge < -0.3 is 10.0 Å². The molecule has 1 spiro atoms. The van der Waals surface area contributed by atoms with Crippen molar-refractivity contribution in [3.05, 3.63) is 65.2 Å². The molecule has 2 aromatic carbocycles. The number of carbonyl (C=O) groups is 2. The molecule has 1 saturated carbocycles. The summed E-state index contributed by atoms with van der Waals surface area (Å²) >= 11 is 0. The summed E-state index contributed by atoms with van der Waals surface area (Å²) in [6.07, 6.45) is -0.499. The molecule has 0 atom stereocenters. The Bertz CT molecular complexity index is 940. The first-order valence-corrected chi connectivity index (χ1v) is 10.1. The van der Waals surface area contributed by atoms with E-state index in [1.807, 2.05) is 13.8 Å². The summed E-state index contributed by atoms with van der Waals surface area (Å²) in [6, 6.07) is 10.2. The van der Waals surface area contributed by atoms with Gasteiger partial charge in [-0.15, -0.1) is 0 Å². The van der Waals surface area contributed by atoms with Crippen LogP contribution in [0.25, 0.3) is 0 Å². The monoisotopic (exact) mass is 416 g/mol. The lowest BCUT2D eigenvalue weighted by Crippen LogP contribution is -2.73. The van der Waals surface area contributed by atoms with Gasteiger partial charge in [0.25, 0.3) is 5.91 Å². The van der Waals surface area contributed by atoms with E-state index in [2.05, 4.69) is 0 Å². The molecule has 1 N–H and O–H groups in total. The molecule has 0 unspecified atom stereocenters. The molecule has 1 aliphatic carbocycles. The van der Waals surface area contributed by atoms with Gasteiger partial charge in [0.2, 0.25) is 5.91 Å². The fraction of sp³-hybridized carbons (Fsp3) is 0.391. The smallest absolute Gasteiger partial charge is 0.253 e. The largest absolute Gasteiger partial charge is 0.393 e. The average molecular weight is 416 g/mol. The Kier molecular flexibility index (Phi) is 6.22. The summed E-state index contributed by atoms with van der Waals surface area (Å²) in [5, 5.41) is 9.91. The lowest BCUT2D eigenvalue weighted by Gasteiger charge is -2.55. The third-order valence-corrected chi connectivity index (χ3v) is 5.55. The molecule has 1 saturated heterocycles. The van der Waals surface area contributed by atoms with E-state index >= 15 is 0 Å². The number of hydrogen-bond donors (Lipinski definition) is 1. The van der Waals surface area contributed by atoms with Crippen LogP contribution < -0.4 is 4.90 Å². The van der Waals surface area contributed by atoms with Crippen LogP contribution in [0, 0.1) is 18.6 Å². The van der Waals surface area contributed by atoms with E-state index in [9.17, 15) is 23.5 Å². The zero-order valence-corrected chi connectivity index (χ0v) is 17.4. The molecule has 5 nitrogen and oxygen atoms in total. The summed E-state index contributed by atoms with van der Waals surface area (Å²) < 4.78 is 27.6. The van der Waals surface area contributed by atoms with Gasteiger partial charge >= 0.3 is 0 Å². The highest BCUT2D eigenvalue weighted by molar-refractivity contribution is 6.09. The van der Waals surface area contributed by atoms with Crippen LogP contribution in [0.15, 0.2) is 42.5 Å². The normalized spacial score (nSPS) is 23.2. The zero-order chi connectivity index (χ0) is 22.1. The number of benzene rings is 2. The van der Waals surface area contributed by atoms with E-state index in [4.69, 9.17) is 0 Å². The number of amides is 2. The molecule has 2 aromatic rings. The topological polar surface area (TPSA) is 60.9 Å². The lowest BCUT2D eigenvalue weighted by atomic mass is 9.70. The van der Waals surface area contributed by atoms with Crippen LogP contribution >= 0.6 is 0 Å². The van der Waals surface area contributed by atoms with Crippen molar-refractivity contribution in [3.63, 3.8) is 0 Å². The zero-order valence-electron chi connectivity index (χ0n) is 17.4. The Morgan fingerprint density at radius 2 is 1.70 bits per heavy atom. The summed E-state index contributed by atoms with van der Waals surface area (Å²) in [6.45, 7) is 5.59. The van der Waals surface area contributed by atoms with Crippen molar-refractivity contribution < 1.29 is 23.5 Å². The van der Waals surface area contributed by atoms with Gasteiger partial charge in [0.15, 0.2) is 0 Å². The van der Waals surface area contributed by atoms with E-state index in [0.717, 1.165) is 0 Å². The number of aliphatic hydroxyl groups excluding tert-OH is 1. The number of anilines is 1. The van der Waals surface area contributed by atoms with Crippen LogP contribution in [-0.2, 0) is 16.1 Å². The maximum atomic E-state index is 14.5. The van der Waals surface area contributed by atoms with Gasteiger partial charge in [0.1, 0.15) is 23.7 Å². The quantitative estimate of drug-likeness (QED) is 0.832. The van der Waals surface area contributed by atoms with Crippen LogP contribution in [0.1, 0.15) is 37.8 Å². The number of rotatable bonds is 3. The van der Waals surface area contributed by atoms with Crippen molar-refractivity contribution in [3.8, 4) is 0 Å². The van der Waals surface area contributed by atoms with E-state index in [1.165, 1.54) is 34.1 Å². The number of carbonyl (C=O) groups excluding carboxylic acids is 2. The number of aliphatic hydroxyl groups is 1. The first-order valence-electron chi connectivity index (χ1n) is 10.1. The molecule has 0 radical (unpaired) electrons. The van der Waals surface area contributed by atoms with E-state index in [-0.39, 0.29) is 43.3 Å². The third-order valence-electron chi connectivity index (χ3n) is 5.55. The van der Waals surface area contributed by atoms with Gasteiger partial charge in [0, 0.05) is 19.4 Å². The van der Waals surface area contributed by atoms with Crippen LogP contribution in [0.5, 0.6) is 0 Å². The molecule has 0 aromatic heterocycles. The average Bonchev–Trinajstić information content (AvgIpc) is 2.70. The van der Waals surface area contributed by atoms with Crippen molar-refractivity contribution in [1.82, 2.24) is 4.90 Å². The van der Waals surface area contributed by atoms with Crippen molar-refractivity contribution in [2.75, 3.05) is 11.4 Å². The van der Waals surface area contributed by atoms with E-state index < -0.39 is 23.4 Å². The maximum absolute atomic E-state index is 14.5. The van der Waals surface area contributed by atoms with Crippen LogP contribution in [0.3, 0.4) is 0 Å². The summed E-state index contributed by atoms with van der Waals surface area (Å²) in [4.78, 5) is 28.9. The van der Waals surface area contributed by atoms with Crippen LogP contribution in [0.4, 0.5) is 14.5 Å². The Morgan fingerprint density at radius 3 is 2.27 bits per heavy atom. The number of nitrogens with zero attached hydrogens (tertiary/aromatic N) is 2. The predicted molar refractivity (Wildman–Crippen MR) is 110 cm³/mol. The van der Waals surface area contributed by atoms with Gasteiger partial charge in [0.05, 0.1) is 11.8 Å². The molecule has 1 aliphatic heterocycles. The first kappa shape index (κ1) is 21.9. The van der Waals surface area contributed by atoms with Crippen molar-refractivity contribution in [2.24, 2.45) is 0 Å². The number of aryl methyl sites for hydroxylation is 1. The van der Waals surface area contributed by atoms with E-state index in [1.54, 1.807) is 25.1 Å². The lowest BCUT2D eigenvalue weighted by molar-refractivity contribution is -0.167. The molecule has 4 rings (SSSR count). The van der Waals surface area contributed by atoms with Gasteiger partial charge in [-0.05, 0) is 42.3 Å². The minimum absolute atomic E-state index is 0.0612. The molecular formula is C23H26F2N2O3. The molecule has 1 heterocycles. The SMILES string of the molecule is CC.Cc1ccc(N2CC(=O)N(Cc3ccc(F)cc3)C3(CC(O)C3)C2=O)c(F)c1. The second-order valence-corrected chi connectivity index (χ2v) is 7.55. The Hall–Kier alpha value is -2.80. The molecule has 2 amide bonds. The second kappa shape index (κ2) is 8.52. The molecule has 2 fully saturated rings. The van der Waals surface area contributed by atoms with Crippen LogP contribution in [0.2, 0.25) is 0 Å². The highest BCUT2D eigenvalue weighted by Gasteiger charge is 2.60. The Balaban J connectivity index is 0.00000124. The fourth-order valence-electron chi connectivity index (χ4n) is 4.05. The van der Waals surface area contributed by atoms with E-state index in [0.29, 0.717) is 11.1 Å². The van der Waals surface area contributed by atoms with Crippen molar-refractivity contribution in [2.45, 2.75) is 51.8 Å². The number of piperazine rings is 1. The molecule has 2 aliphatic rings.